The second-order valence-electron chi connectivity index (χ2n) is 2.90. The van der Waals surface area contributed by atoms with Crippen LogP contribution >= 0.6 is 0 Å². The van der Waals surface area contributed by atoms with Crippen molar-refractivity contribution in [3.05, 3.63) is 41.1 Å². The SMILES string of the molecule is O=C(O)c1cccc2c1C=CNC2. The number of fused-ring (bicyclic) bond motifs is 1. The maximum absolute atomic E-state index is 10.8. The third-order valence-electron chi connectivity index (χ3n) is 2.09. The molecule has 0 aliphatic carbocycles. The van der Waals surface area contributed by atoms with Gasteiger partial charge >= 0.3 is 5.97 Å². The van der Waals surface area contributed by atoms with E-state index in [0.717, 1.165) is 11.1 Å². The molecule has 2 rings (SSSR count). The quantitative estimate of drug-likeness (QED) is 0.679. The number of benzene rings is 1. The van der Waals surface area contributed by atoms with Gasteiger partial charge < -0.3 is 10.4 Å². The Morgan fingerprint density at radius 3 is 3.08 bits per heavy atom. The molecule has 3 nitrogen and oxygen atoms in total. The van der Waals surface area contributed by atoms with Crippen molar-refractivity contribution < 1.29 is 9.90 Å². The van der Waals surface area contributed by atoms with E-state index in [2.05, 4.69) is 5.32 Å². The van der Waals surface area contributed by atoms with Gasteiger partial charge in [0.25, 0.3) is 0 Å². The molecule has 1 aromatic carbocycles. The normalized spacial score (nSPS) is 13.2. The first-order valence-corrected chi connectivity index (χ1v) is 4.04. The van der Waals surface area contributed by atoms with Gasteiger partial charge in [0.2, 0.25) is 0 Å². The van der Waals surface area contributed by atoms with E-state index < -0.39 is 5.97 Å². The number of carbonyl (C=O) groups is 1. The van der Waals surface area contributed by atoms with E-state index in [1.165, 1.54) is 0 Å². The fourth-order valence-electron chi connectivity index (χ4n) is 1.46. The van der Waals surface area contributed by atoms with Crippen LogP contribution in [0.1, 0.15) is 21.5 Å². The van der Waals surface area contributed by atoms with E-state index >= 15 is 0 Å². The van der Waals surface area contributed by atoms with E-state index in [1.807, 2.05) is 6.07 Å². The Kier molecular flexibility index (Phi) is 1.77. The topological polar surface area (TPSA) is 49.3 Å². The molecule has 0 unspecified atom stereocenters. The highest BCUT2D eigenvalue weighted by atomic mass is 16.4. The summed E-state index contributed by atoms with van der Waals surface area (Å²) in [5, 5.41) is 11.9. The Bertz CT molecular complexity index is 383. The maximum Gasteiger partial charge on any atom is 0.336 e. The van der Waals surface area contributed by atoms with Crippen molar-refractivity contribution in [1.82, 2.24) is 5.32 Å². The summed E-state index contributed by atoms with van der Waals surface area (Å²) in [5.41, 5.74) is 2.21. The van der Waals surface area contributed by atoms with Crippen molar-refractivity contribution in [3.63, 3.8) is 0 Å². The van der Waals surface area contributed by atoms with Crippen LogP contribution in [0, 0.1) is 0 Å². The Balaban J connectivity index is 2.60. The predicted molar refractivity (Wildman–Crippen MR) is 49.3 cm³/mol. The molecule has 0 atom stereocenters. The maximum atomic E-state index is 10.8. The fourth-order valence-corrected chi connectivity index (χ4v) is 1.46. The molecule has 1 aromatic rings. The molecular weight excluding hydrogens is 166 g/mol. The minimum Gasteiger partial charge on any atom is -0.478 e. The zero-order valence-corrected chi connectivity index (χ0v) is 6.95. The minimum absolute atomic E-state index is 0.371. The van der Waals surface area contributed by atoms with Crippen LogP contribution in [-0.2, 0) is 6.54 Å². The van der Waals surface area contributed by atoms with Gasteiger partial charge in [0, 0.05) is 6.54 Å². The Hall–Kier alpha value is -1.77. The van der Waals surface area contributed by atoms with Crippen molar-refractivity contribution in [3.8, 4) is 0 Å². The third kappa shape index (κ3) is 1.28. The van der Waals surface area contributed by atoms with Crippen LogP contribution in [0.4, 0.5) is 0 Å². The van der Waals surface area contributed by atoms with Crippen molar-refractivity contribution in [2.45, 2.75) is 6.54 Å². The summed E-state index contributed by atoms with van der Waals surface area (Å²) in [6.07, 6.45) is 3.57. The van der Waals surface area contributed by atoms with Crippen molar-refractivity contribution in [1.29, 1.82) is 0 Å². The monoisotopic (exact) mass is 175 g/mol. The molecule has 3 heteroatoms. The second-order valence-corrected chi connectivity index (χ2v) is 2.90. The van der Waals surface area contributed by atoms with Crippen LogP contribution < -0.4 is 5.32 Å². The molecule has 0 aromatic heterocycles. The van der Waals surface area contributed by atoms with Gasteiger partial charge in [-0.25, -0.2) is 4.79 Å². The number of hydrogen-bond acceptors (Lipinski definition) is 2. The third-order valence-corrected chi connectivity index (χ3v) is 2.09. The van der Waals surface area contributed by atoms with Gasteiger partial charge in [-0.05, 0) is 29.5 Å². The summed E-state index contributed by atoms with van der Waals surface area (Å²) in [5.74, 6) is -0.872. The molecule has 13 heavy (non-hydrogen) atoms. The van der Waals surface area contributed by atoms with Gasteiger partial charge in [-0.1, -0.05) is 12.1 Å². The van der Waals surface area contributed by atoms with Crippen LogP contribution in [0.15, 0.2) is 24.4 Å². The number of aromatic carboxylic acids is 1. The van der Waals surface area contributed by atoms with Crippen molar-refractivity contribution in [2.24, 2.45) is 0 Å². The average molecular weight is 175 g/mol. The first-order valence-electron chi connectivity index (χ1n) is 4.04. The summed E-state index contributed by atoms with van der Waals surface area (Å²) in [6, 6.07) is 5.32. The van der Waals surface area contributed by atoms with Crippen LogP contribution in [0.2, 0.25) is 0 Å². The Morgan fingerprint density at radius 2 is 2.31 bits per heavy atom. The highest BCUT2D eigenvalue weighted by Gasteiger charge is 2.12. The molecule has 2 N–H and O–H groups in total. The average Bonchev–Trinajstić information content (AvgIpc) is 2.17. The number of carboxylic acid groups (broad SMARTS) is 1. The Morgan fingerprint density at radius 1 is 1.46 bits per heavy atom. The summed E-state index contributed by atoms with van der Waals surface area (Å²) in [4.78, 5) is 10.8. The van der Waals surface area contributed by atoms with E-state index in [-0.39, 0.29) is 0 Å². The van der Waals surface area contributed by atoms with Crippen molar-refractivity contribution >= 4 is 12.0 Å². The molecule has 1 aliphatic heterocycles. The summed E-state index contributed by atoms with van der Waals surface area (Å²) >= 11 is 0. The van der Waals surface area contributed by atoms with Gasteiger partial charge in [-0.2, -0.15) is 0 Å². The largest absolute Gasteiger partial charge is 0.478 e. The fraction of sp³-hybridized carbons (Fsp3) is 0.100. The molecule has 0 saturated carbocycles. The van der Waals surface area contributed by atoms with Gasteiger partial charge in [-0.3, -0.25) is 0 Å². The molecule has 1 aliphatic rings. The standard InChI is InChI=1S/C10H9NO2/c12-10(13)9-3-1-2-7-6-11-5-4-8(7)9/h1-5,11H,6H2,(H,12,13). The second kappa shape index (κ2) is 2.94. The smallest absolute Gasteiger partial charge is 0.336 e. The van der Waals surface area contributed by atoms with Gasteiger partial charge in [0.15, 0.2) is 0 Å². The highest BCUT2D eigenvalue weighted by molar-refractivity contribution is 5.93. The number of rotatable bonds is 1. The zero-order valence-electron chi connectivity index (χ0n) is 6.95. The Labute approximate surface area is 75.7 Å². The molecule has 0 amide bonds. The molecule has 0 saturated heterocycles. The number of hydrogen-bond donors (Lipinski definition) is 2. The summed E-state index contributed by atoms with van der Waals surface area (Å²) in [7, 11) is 0. The van der Waals surface area contributed by atoms with Crippen molar-refractivity contribution in [2.75, 3.05) is 0 Å². The molecule has 1 heterocycles. The van der Waals surface area contributed by atoms with E-state index in [1.54, 1.807) is 24.4 Å². The van der Waals surface area contributed by atoms with Gasteiger partial charge in [0.05, 0.1) is 5.56 Å². The van der Waals surface area contributed by atoms with Crippen LogP contribution in [0.25, 0.3) is 6.08 Å². The lowest BCUT2D eigenvalue weighted by Gasteiger charge is -2.13. The van der Waals surface area contributed by atoms with Gasteiger partial charge in [0.1, 0.15) is 0 Å². The zero-order chi connectivity index (χ0) is 9.26. The molecule has 0 fully saturated rings. The van der Waals surface area contributed by atoms with E-state index in [0.29, 0.717) is 12.1 Å². The molecule has 66 valence electrons. The first kappa shape index (κ1) is 7.86. The summed E-state index contributed by atoms with van der Waals surface area (Å²) < 4.78 is 0. The molecular formula is C10H9NO2. The number of nitrogens with one attached hydrogen (secondary N) is 1. The lowest BCUT2D eigenvalue weighted by molar-refractivity contribution is 0.0696. The molecule has 0 bridgehead atoms. The van der Waals surface area contributed by atoms with E-state index in [9.17, 15) is 4.79 Å². The summed E-state index contributed by atoms with van der Waals surface area (Å²) in [6.45, 7) is 0.701. The lowest BCUT2D eigenvalue weighted by atomic mass is 9.99. The van der Waals surface area contributed by atoms with E-state index in [4.69, 9.17) is 5.11 Å². The lowest BCUT2D eigenvalue weighted by Crippen LogP contribution is -2.13. The number of carboxylic acids is 1. The predicted octanol–water partition coefficient (Wildman–Crippen LogP) is 1.46. The van der Waals surface area contributed by atoms with Crippen LogP contribution in [0.5, 0.6) is 0 Å². The van der Waals surface area contributed by atoms with Gasteiger partial charge in [-0.15, -0.1) is 0 Å². The minimum atomic E-state index is -0.872. The highest BCUT2D eigenvalue weighted by Crippen LogP contribution is 2.19. The first-order chi connectivity index (χ1) is 6.29. The van der Waals surface area contributed by atoms with Crippen LogP contribution in [-0.4, -0.2) is 11.1 Å². The molecule has 0 radical (unpaired) electrons. The van der Waals surface area contributed by atoms with Crippen LogP contribution in [0.3, 0.4) is 0 Å². The molecule has 0 spiro atoms.